The van der Waals surface area contributed by atoms with Crippen LogP contribution in [0.1, 0.15) is 39.5 Å². The first-order chi connectivity index (χ1) is 7.81. The lowest BCUT2D eigenvalue weighted by Crippen LogP contribution is -2.39. The minimum atomic E-state index is 0.317. The summed E-state index contributed by atoms with van der Waals surface area (Å²) in [6, 6.07) is 0.730. The van der Waals surface area contributed by atoms with Crippen LogP contribution in [0.15, 0.2) is 0 Å². The zero-order chi connectivity index (χ0) is 11.8. The van der Waals surface area contributed by atoms with E-state index in [9.17, 15) is 0 Å². The van der Waals surface area contributed by atoms with Gasteiger partial charge in [-0.2, -0.15) is 0 Å². The van der Waals surface area contributed by atoms with Gasteiger partial charge in [0.2, 0.25) is 0 Å². The molecule has 0 spiro atoms. The molecule has 0 saturated heterocycles. The molecule has 3 heteroatoms. The molecule has 0 aromatic heterocycles. The van der Waals surface area contributed by atoms with Crippen LogP contribution in [0.4, 0.5) is 0 Å². The van der Waals surface area contributed by atoms with E-state index < -0.39 is 0 Å². The normalized spacial score (nSPS) is 25.5. The van der Waals surface area contributed by atoms with Crippen molar-refractivity contribution < 1.29 is 5.11 Å². The van der Waals surface area contributed by atoms with Crippen molar-refractivity contribution in [1.29, 1.82) is 0 Å². The minimum Gasteiger partial charge on any atom is -0.396 e. The second kappa shape index (κ2) is 8.04. The molecule has 96 valence electrons. The van der Waals surface area contributed by atoms with Crippen molar-refractivity contribution in [3.63, 3.8) is 0 Å². The van der Waals surface area contributed by atoms with Gasteiger partial charge >= 0.3 is 0 Å². The fourth-order valence-electron chi connectivity index (χ4n) is 2.79. The van der Waals surface area contributed by atoms with Gasteiger partial charge in [0.05, 0.1) is 0 Å². The van der Waals surface area contributed by atoms with Crippen molar-refractivity contribution in [1.82, 2.24) is 10.2 Å². The highest BCUT2D eigenvalue weighted by atomic mass is 16.3. The SMILES string of the molecule is CCNC1CCCC1CN(CC)CCCO. The van der Waals surface area contributed by atoms with Gasteiger partial charge in [0, 0.05) is 25.7 Å². The molecule has 2 N–H and O–H groups in total. The topological polar surface area (TPSA) is 35.5 Å². The summed E-state index contributed by atoms with van der Waals surface area (Å²) in [7, 11) is 0. The fraction of sp³-hybridized carbons (Fsp3) is 1.00. The lowest BCUT2D eigenvalue weighted by molar-refractivity contribution is 0.197. The van der Waals surface area contributed by atoms with E-state index in [2.05, 4.69) is 24.1 Å². The van der Waals surface area contributed by atoms with Gasteiger partial charge in [-0.25, -0.2) is 0 Å². The summed E-state index contributed by atoms with van der Waals surface area (Å²) in [5.74, 6) is 0.818. The molecule has 0 aliphatic heterocycles. The second-order valence-electron chi connectivity index (χ2n) is 4.83. The molecule has 1 fully saturated rings. The van der Waals surface area contributed by atoms with Crippen LogP contribution in [-0.4, -0.2) is 48.8 Å². The Morgan fingerprint density at radius 2 is 2.12 bits per heavy atom. The molecule has 0 aromatic carbocycles. The zero-order valence-electron chi connectivity index (χ0n) is 10.9. The van der Waals surface area contributed by atoms with Gasteiger partial charge in [0.1, 0.15) is 0 Å². The predicted molar refractivity (Wildman–Crippen MR) is 68.6 cm³/mol. The highest BCUT2D eigenvalue weighted by Crippen LogP contribution is 2.26. The molecular formula is C13H28N2O. The van der Waals surface area contributed by atoms with Crippen molar-refractivity contribution in [3.8, 4) is 0 Å². The molecule has 2 unspecified atom stereocenters. The molecule has 0 radical (unpaired) electrons. The first-order valence-electron chi connectivity index (χ1n) is 6.88. The molecule has 0 amide bonds. The Morgan fingerprint density at radius 1 is 1.31 bits per heavy atom. The minimum absolute atomic E-state index is 0.317. The summed E-state index contributed by atoms with van der Waals surface area (Å²) in [6.07, 6.45) is 5.00. The standard InChI is InChI=1S/C13H28N2O/c1-3-14-13-8-5-7-12(13)11-15(4-2)9-6-10-16/h12-14,16H,3-11H2,1-2H3. The molecule has 0 bridgehead atoms. The third-order valence-corrected chi connectivity index (χ3v) is 3.70. The highest BCUT2D eigenvalue weighted by Gasteiger charge is 2.27. The second-order valence-corrected chi connectivity index (χ2v) is 4.83. The molecular weight excluding hydrogens is 200 g/mol. The Hall–Kier alpha value is -0.120. The van der Waals surface area contributed by atoms with Gasteiger partial charge in [-0.05, 0) is 38.3 Å². The van der Waals surface area contributed by atoms with Crippen molar-refractivity contribution in [2.45, 2.75) is 45.6 Å². The van der Waals surface area contributed by atoms with Crippen molar-refractivity contribution in [2.75, 3.05) is 32.8 Å². The largest absolute Gasteiger partial charge is 0.396 e. The number of nitrogens with zero attached hydrogens (tertiary/aromatic N) is 1. The third kappa shape index (κ3) is 4.40. The smallest absolute Gasteiger partial charge is 0.0443 e. The van der Waals surface area contributed by atoms with Crippen LogP contribution in [0.2, 0.25) is 0 Å². The quantitative estimate of drug-likeness (QED) is 0.660. The van der Waals surface area contributed by atoms with Crippen molar-refractivity contribution in [2.24, 2.45) is 5.92 Å². The van der Waals surface area contributed by atoms with Gasteiger partial charge in [-0.15, -0.1) is 0 Å². The summed E-state index contributed by atoms with van der Waals surface area (Å²) in [6.45, 7) is 9.17. The van der Waals surface area contributed by atoms with E-state index >= 15 is 0 Å². The lowest BCUT2D eigenvalue weighted by atomic mass is 10.0. The van der Waals surface area contributed by atoms with E-state index in [1.807, 2.05) is 0 Å². The Bertz CT molecular complexity index is 175. The monoisotopic (exact) mass is 228 g/mol. The maximum absolute atomic E-state index is 8.87. The summed E-state index contributed by atoms with van der Waals surface area (Å²) < 4.78 is 0. The van der Waals surface area contributed by atoms with Crippen molar-refractivity contribution in [3.05, 3.63) is 0 Å². The molecule has 1 rings (SSSR count). The van der Waals surface area contributed by atoms with Gasteiger partial charge in [-0.1, -0.05) is 20.3 Å². The molecule has 3 nitrogen and oxygen atoms in total. The maximum Gasteiger partial charge on any atom is 0.0443 e. The van der Waals surface area contributed by atoms with Crippen LogP contribution in [0, 0.1) is 5.92 Å². The Morgan fingerprint density at radius 3 is 2.75 bits per heavy atom. The molecule has 16 heavy (non-hydrogen) atoms. The van der Waals surface area contributed by atoms with Crippen LogP contribution < -0.4 is 5.32 Å². The first kappa shape index (κ1) is 13.9. The molecule has 1 aliphatic carbocycles. The summed E-state index contributed by atoms with van der Waals surface area (Å²) >= 11 is 0. The zero-order valence-corrected chi connectivity index (χ0v) is 10.9. The predicted octanol–water partition coefficient (Wildman–Crippen LogP) is 1.47. The summed E-state index contributed by atoms with van der Waals surface area (Å²) in [5, 5.41) is 12.5. The average molecular weight is 228 g/mol. The Balaban J connectivity index is 2.31. The van der Waals surface area contributed by atoms with E-state index in [0.717, 1.165) is 38.0 Å². The Kier molecular flexibility index (Phi) is 7.01. The van der Waals surface area contributed by atoms with Gasteiger partial charge in [-0.3, -0.25) is 0 Å². The number of aliphatic hydroxyl groups is 1. The number of hydrogen-bond donors (Lipinski definition) is 2. The van der Waals surface area contributed by atoms with E-state index in [0.29, 0.717) is 6.61 Å². The Labute approximate surface area is 100 Å². The van der Waals surface area contributed by atoms with E-state index in [1.165, 1.54) is 25.8 Å². The maximum atomic E-state index is 8.87. The summed E-state index contributed by atoms with van der Waals surface area (Å²) in [4.78, 5) is 2.48. The molecule has 2 atom stereocenters. The van der Waals surface area contributed by atoms with E-state index in [1.54, 1.807) is 0 Å². The molecule has 0 heterocycles. The number of aliphatic hydroxyl groups excluding tert-OH is 1. The number of hydrogen-bond acceptors (Lipinski definition) is 3. The number of nitrogens with one attached hydrogen (secondary N) is 1. The van der Waals surface area contributed by atoms with Crippen LogP contribution >= 0.6 is 0 Å². The van der Waals surface area contributed by atoms with E-state index in [4.69, 9.17) is 5.11 Å². The van der Waals surface area contributed by atoms with Crippen LogP contribution in [-0.2, 0) is 0 Å². The van der Waals surface area contributed by atoms with Crippen LogP contribution in [0.3, 0.4) is 0 Å². The summed E-state index contributed by atoms with van der Waals surface area (Å²) in [5.41, 5.74) is 0. The van der Waals surface area contributed by atoms with Gasteiger partial charge in [0.15, 0.2) is 0 Å². The molecule has 0 aromatic rings. The first-order valence-corrected chi connectivity index (χ1v) is 6.88. The van der Waals surface area contributed by atoms with Crippen LogP contribution in [0.25, 0.3) is 0 Å². The van der Waals surface area contributed by atoms with Gasteiger partial charge < -0.3 is 15.3 Å². The van der Waals surface area contributed by atoms with Crippen LogP contribution in [0.5, 0.6) is 0 Å². The third-order valence-electron chi connectivity index (χ3n) is 3.70. The highest BCUT2D eigenvalue weighted by molar-refractivity contribution is 4.84. The fourth-order valence-corrected chi connectivity index (χ4v) is 2.79. The van der Waals surface area contributed by atoms with Crippen molar-refractivity contribution >= 4 is 0 Å². The molecule has 1 aliphatic rings. The van der Waals surface area contributed by atoms with E-state index in [-0.39, 0.29) is 0 Å². The lowest BCUT2D eigenvalue weighted by Gasteiger charge is -2.28. The number of rotatable bonds is 8. The average Bonchev–Trinajstić information content (AvgIpc) is 2.72. The molecule has 1 saturated carbocycles. The van der Waals surface area contributed by atoms with Gasteiger partial charge in [0.25, 0.3) is 0 Å².